The summed E-state index contributed by atoms with van der Waals surface area (Å²) < 4.78 is 0. The van der Waals surface area contributed by atoms with Crippen LogP contribution in [0.1, 0.15) is 6.42 Å². The van der Waals surface area contributed by atoms with E-state index < -0.39 is 11.5 Å². The van der Waals surface area contributed by atoms with Crippen LogP contribution in [0.5, 0.6) is 0 Å². The van der Waals surface area contributed by atoms with Gasteiger partial charge in [0.1, 0.15) is 6.29 Å². The second-order valence-electron chi connectivity index (χ2n) is 3.42. The van der Waals surface area contributed by atoms with Gasteiger partial charge in [0.2, 0.25) is 6.41 Å². The van der Waals surface area contributed by atoms with Crippen LogP contribution in [-0.2, 0) is 9.59 Å². The van der Waals surface area contributed by atoms with Crippen molar-refractivity contribution in [3.63, 3.8) is 0 Å². The Morgan fingerprint density at radius 3 is 2.77 bits per heavy atom. The van der Waals surface area contributed by atoms with Crippen LogP contribution in [0.4, 0.5) is 0 Å². The van der Waals surface area contributed by atoms with Crippen molar-refractivity contribution < 1.29 is 14.7 Å². The predicted octanol–water partition coefficient (Wildman–Crippen LogP) is -1.74. The van der Waals surface area contributed by atoms with Crippen LogP contribution in [0, 0.1) is 11.8 Å². The molecular formula is C8H14N2O3. The van der Waals surface area contributed by atoms with Crippen molar-refractivity contribution in [2.75, 3.05) is 13.2 Å². The van der Waals surface area contributed by atoms with Crippen molar-refractivity contribution in [3.05, 3.63) is 0 Å². The van der Waals surface area contributed by atoms with E-state index in [1.807, 2.05) is 0 Å². The summed E-state index contributed by atoms with van der Waals surface area (Å²) in [5.41, 5.74) is 5.03. The maximum absolute atomic E-state index is 10.5. The smallest absolute Gasteiger partial charge is 0.207 e. The Kier molecular flexibility index (Phi) is 3.00. The van der Waals surface area contributed by atoms with Gasteiger partial charge in [0.05, 0.1) is 12.1 Å². The molecule has 0 aliphatic heterocycles. The van der Waals surface area contributed by atoms with Crippen molar-refractivity contribution in [3.8, 4) is 0 Å². The summed E-state index contributed by atoms with van der Waals surface area (Å²) >= 11 is 0. The van der Waals surface area contributed by atoms with Gasteiger partial charge in [-0.1, -0.05) is 0 Å². The fraction of sp³-hybridized carbons (Fsp3) is 0.750. The lowest BCUT2D eigenvalue weighted by molar-refractivity contribution is -0.114. The standard InChI is InChI=1S/C8H14N2O3/c9-4-8(10-5-13)1-7(8)6(2-11)3-12/h2,5-7,12H,1,3-4,9H2,(H,10,13)/t6-,7?,8?/m1/s1. The van der Waals surface area contributed by atoms with E-state index in [0.717, 1.165) is 0 Å². The zero-order valence-corrected chi connectivity index (χ0v) is 7.27. The zero-order valence-electron chi connectivity index (χ0n) is 7.27. The van der Waals surface area contributed by atoms with Gasteiger partial charge < -0.3 is 21.0 Å². The molecule has 1 aliphatic rings. The molecule has 1 rings (SSSR count). The van der Waals surface area contributed by atoms with Gasteiger partial charge in [0.15, 0.2) is 0 Å². The highest BCUT2D eigenvalue weighted by molar-refractivity contribution is 5.58. The summed E-state index contributed by atoms with van der Waals surface area (Å²) in [5.74, 6) is -0.416. The van der Waals surface area contributed by atoms with E-state index in [0.29, 0.717) is 25.7 Å². The summed E-state index contributed by atoms with van der Waals surface area (Å²) in [7, 11) is 0. The molecule has 0 aromatic heterocycles. The molecule has 0 aromatic carbocycles. The number of amides is 1. The molecule has 74 valence electrons. The van der Waals surface area contributed by atoms with Gasteiger partial charge in [-0.2, -0.15) is 0 Å². The lowest BCUT2D eigenvalue weighted by Gasteiger charge is -2.15. The molecule has 3 atom stereocenters. The predicted molar refractivity (Wildman–Crippen MR) is 45.7 cm³/mol. The van der Waals surface area contributed by atoms with Gasteiger partial charge in [-0.15, -0.1) is 0 Å². The molecule has 0 saturated heterocycles. The average Bonchev–Trinajstić information content (AvgIpc) is 2.84. The third-order valence-corrected chi connectivity index (χ3v) is 2.75. The summed E-state index contributed by atoms with van der Waals surface area (Å²) in [6.45, 7) is 0.122. The Morgan fingerprint density at radius 2 is 2.38 bits per heavy atom. The first-order chi connectivity index (χ1) is 6.24. The second-order valence-corrected chi connectivity index (χ2v) is 3.42. The van der Waals surface area contributed by atoms with Gasteiger partial charge in [-0.3, -0.25) is 4.79 Å². The van der Waals surface area contributed by atoms with Crippen LogP contribution in [0.25, 0.3) is 0 Å². The molecule has 5 heteroatoms. The highest BCUT2D eigenvalue weighted by Gasteiger charge is 2.56. The number of nitrogens with two attached hydrogens (primary N) is 1. The third-order valence-electron chi connectivity index (χ3n) is 2.75. The number of aliphatic hydroxyl groups is 1. The molecule has 0 bridgehead atoms. The van der Waals surface area contributed by atoms with Crippen LogP contribution in [0.2, 0.25) is 0 Å². The van der Waals surface area contributed by atoms with Crippen LogP contribution < -0.4 is 11.1 Å². The monoisotopic (exact) mass is 186 g/mol. The molecular weight excluding hydrogens is 172 g/mol. The molecule has 4 N–H and O–H groups in total. The van der Waals surface area contributed by atoms with E-state index in [2.05, 4.69) is 5.32 Å². The molecule has 0 spiro atoms. The molecule has 5 nitrogen and oxygen atoms in total. The Balaban J connectivity index is 2.57. The van der Waals surface area contributed by atoms with Gasteiger partial charge in [0.25, 0.3) is 0 Å². The van der Waals surface area contributed by atoms with Gasteiger partial charge in [-0.25, -0.2) is 0 Å². The number of aldehydes is 1. The highest BCUT2D eigenvalue weighted by Crippen LogP contribution is 2.46. The molecule has 1 aliphatic carbocycles. The lowest BCUT2D eigenvalue weighted by Crippen LogP contribution is -2.41. The van der Waals surface area contributed by atoms with Crippen LogP contribution in [0.3, 0.4) is 0 Å². The maximum Gasteiger partial charge on any atom is 0.207 e. The first-order valence-electron chi connectivity index (χ1n) is 4.21. The number of carbonyl (C=O) groups is 2. The van der Waals surface area contributed by atoms with Crippen molar-refractivity contribution >= 4 is 12.7 Å². The Morgan fingerprint density at radius 1 is 1.69 bits per heavy atom. The largest absolute Gasteiger partial charge is 0.396 e. The third kappa shape index (κ3) is 1.71. The van der Waals surface area contributed by atoms with E-state index >= 15 is 0 Å². The maximum atomic E-state index is 10.5. The minimum atomic E-state index is -0.448. The van der Waals surface area contributed by atoms with E-state index in [1.54, 1.807) is 0 Å². The van der Waals surface area contributed by atoms with Gasteiger partial charge in [0, 0.05) is 12.5 Å². The molecule has 2 unspecified atom stereocenters. The Hall–Kier alpha value is -0.940. The number of carbonyl (C=O) groups excluding carboxylic acids is 2. The zero-order chi connectivity index (χ0) is 9.90. The Bertz CT molecular complexity index is 210. The number of nitrogens with one attached hydrogen (secondary N) is 1. The average molecular weight is 186 g/mol. The number of rotatable bonds is 6. The molecule has 0 radical (unpaired) electrons. The van der Waals surface area contributed by atoms with E-state index in [1.165, 1.54) is 0 Å². The lowest BCUT2D eigenvalue weighted by atomic mass is 10.0. The van der Waals surface area contributed by atoms with Crippen molar-refractivity contribution in [1.29, 1.82) is 0 Å². The van der Waals surface area contributed by atoms with Crippen LogP contribution in [0.15, 0.2) is 0 Å². The molecule has 0 heterocycles. The fourth-order valence-electron chi connectivity index (χ4n) is 1.74. The van der Waals surface area contributed by atoms with Crippen LogP contribution in [-0.4, -0.2) is 36.5 Å². The highest BCUT2D eigenvalue weighted by atomic mass is 16.3. The second kappa shape index (κ2) is 3.85. The first kappa shape index (κ1) is 10.1. The normalized spacial score (nSPS) is 33.5. The van der Waals surface area contributed by atoms with Crippen LogP contribution >= 0.6 is 0 Å². The quantitative estimate of drug-likeness (QED) is 0.429. The minimum absolute atomic E-state index is 0.00907. The van der Waals surface area contributed by atoms with Crippen molar-refractivity contribution in [2.45, 2.75) is 12.0 Å². The molecule has 1 fully saturated rings. The molecule has 1 saturated carbocycles. The minimum Gasteiger partial charge on any atom is -0.396 e. The first-order valence-corrected chi connectivity index (χ1v) is 4.21. The van der Waals surface area contributed by atoms with E-state index in [9.17, 15) is 9.59 Å². The van der Waals surface area contributed by atoms with Crippen molar-refractivity contribution in [1.82, 2.24) is 5.32 Å². The fourth-order valence-corrected chi connectivity index (χ4v) is 1.74. The summed E-state index contributed by atoms with van der Waals surface area (Å²) in [4.78, 5) is 20.8. The molecule has 1 amide bonds. The summed E-state index contributed by atoms with van der Waals surface area (Å²) in [5, 5.41) is 11.5. The number of aliphatic hydroxyl groups excluding tert-OH is 1. The summed E-state index contributed by atoms with van der Waals surface area (Å²) in [6, 6.07) is 0. The molecule has 0 aromatic rings. The molecule has 13 heavy (non-hydrogen) atoms. The van der Waals surface area contributed by atoms with E-state index in [-0.39, 0.29) is 12.5 Å². The number of hydrogen-bond acceptors (Lipinski definition) is 4. The number of hydrogen-bond donors (Lipinski definition) is 3. The topological polar surface area (TPSA) is 92.4 Å². The Labute approximate surface area is 76.3 Å². The van der Waals surface area contributed by atoms with Crippen molar-refractivity contribution in [2.24, 2.45) is 17.6 Å². The SMILES string of the molecule is NCC1(NC=O)CC1[C@H](C=O)CO. The van der Waals surface area contributed by atoms with E-state index in [4.69, 9.17) is 10.8 Å². The summed E-state index contributed by atoms with van der Waals surface area (Å²) in [6.07, 6.45) is 1.98. The van der Waals surface area contributed by atoms with Gasteiger partial charge in [-0.05, 0) is 12.3 Å². The van der Waals surface area contributed by atoms with Gasteiger partial charge >= 0.3 is 0 Å².